The quantitative estimate of drug-likeness (QED) is 0.169. The molecular weight excluding hydrogens is 485 g/mol. The highest BCUT2D eigenvalue weighted by Gasteiger charge is 2.19. The van der Waals surface area contributed by atoms with Crippen LogP contribution >= 0.6 is 0 Å². The first kappa shape index (κ1) is 30.4. The number of benzene rings is 1. The molecule has 0 radical (unpaired) electrons. The van der Waals surface area contributed by atoms with Crippen molar-refractivity contribution in [2.75, 3.05) is 6.61 Å². The number of hydrogen-bond donors (Lipinski definition) is 0. The van der Waals surface area contributed by atoms with Crippen LogP contribution in [0.5, 0.6) is 5.75 Å². The Labute approximate surface area is 228 Å². The predicted molar refractivity (Wildman–Crippen MR) is 149 cm³/mol. The summed E-state index contributed by atoms with van der Waals surface area (Å²) in [6.07, 6.45) is 23.5. The fourth-order valence-corrected chi connectivity index (χ4v) is 5.44. The Balaban J connectivity index is 1.34. The van der Waals surface area contributed by atoms with Crippen molar-refractivity contribution < 1.29 is 17.9 Å². The fourth-order valence-electron chi connectivity index (χ4n) is 5.44. The van der Waals surface area contributed by atoms with Crippen LogP contribution in [0.1, 0.15) is 122 Å². The van der Waals surface area contributed by atoms with Gasteiger partial charge in [-0.25, -0.2) is 18.7 Å². The van der Waals surface area contributed by atoms with Crippen LogP contribution in [0.25, 0.3) is 11.4 Å². The van der Waals surface area contributed by atoms with Crippen molar-refractivity contribution in [3.05, 3.63) is 41.7 Å². The van der Waals surface area contributed by atoms with Crippen LogP contribution in [-0.2, 0) is 6.42 Å². The fraction of sp³-hybridized carbons (Fsp3) is 0.688. The van der Waals surface area contributed by atoms with Gasteiger partial charge in [-0.1, -0.05) is 103 Å². The van der Waals surface area contributed by atoms with Gasteiger partial charge in [-0.3, -0.25) is 0 Å². The number of nitrogens with zero attached hydrogens (tertiary/aromatic N) is 2. The van der Waals surface area contributed by atoms with E-state index in [9.17, 15) is 13.2 Å². The minimum atomic E-state index is -1.20. The van der Waals surface area contributed by atoms with Crippen molar-refractivity contribution in [3.63, 3.8) is 0 Å². The Kier molecular flexibility index (Phi) is 14.0. The van der Waals surface area contributed by atoms with Gasteiger partial charge >= 0.3 is 0 Å². The lowest BCUT2D eigenvalue weighted by Crippen LogP contribution is -2.14. The zero-order valence-electron chi connectivity index (χ0n) is 23.3. The number of aryl methyl sites for hydroxylation is 1. The largest absolute Gasteiger partial charge is 0.487 e. The maximum Gasteiger partial charge on any atom is 0.201 e. The maximum absolute atomic E-state index is 14.7. The van der Waals surface area contributed by atoms with Gasteiger partial charge in [0.25, 0.3) is 0 Å². The summed E-state index contributed by atoms with van der Waals surface area (Å²) in [5.74, 6) is -1.34. The van der Waals surface area contributed by atoms with E-state index in [0.29, 0.717) is 6.42 Å². The van der Waals surface area contributed by atoms with Gasteiger partial charge in [-0.2, -0.15) is 4.39 Å². The van der Waals surface area contributed by atoms with E-state index in [4.69, 9.17) is 4.74 Å². The second kappa shape index (κ2) is 17.5. The van der Waals surface area contributed by atoms with E-state index in [2.05, 4.69) is 16.9 Å². The molecule has 0 bridgehead atoms. The number of rotatable bonds is 19. The minimum Gasteiger partial charge on any atom is -0.487 e. The topological polar surface area (TPSA) is 35.0 Å². The van der Waals surface area contributed by atoms with Gasteiger partial charge in [0.2, 0.25) is 5.82 Å². The summed E-state index contributed by atoms with van der Waals surface area (Å²) in [5.41, 5.74) is 0.977. The van der Waals surface area contributed by atoms with Crippen molar-refractivity contribution in [1.82, 2.24) is 9.97 Å². The summed E-state index contributed by atoms with van der Waals surface area (Å²) in [7, 11) is 0. The summed E-state index contributed by atoms with van der Waals surface area (Å²) in [5, 5.41) is 0. The van der Waals surface area contributed by atoms with E-state index in [-0.39, 0.29) is 23.7 Å². The first-order valence-corrected chi connectivity index (χ1v) is 15.1. The van der Waals surface area contributed by atoms with E-state index in [0.717, 1.165) is 50.0 Å². The molecule has 3 rings (SSSR count). The Bertz CT molecular complexity index is 916. The van der Waals surface area contributed by atoms with E-state index in [1.165, 1.54) is 82.8 Å². The SMILES string of the molecule is CCCCCCC(F)COc1ccc(-c2ncc(CCCCCCCCCC3CCCC3)cn2)c(F)c1F. The van der Waals surface area contributed by atoms with Gasteiger partial charge in [0.05, 0.1) is 5.56 Å². The highest BCUT2D eigenvalue weighted by molar-refractivity contribution is 5.57. The normalized spacial score (nSPS) is 14.7. The lowest BCUT2D eigenvalue weighted by atomic mass is 9.99. The average molecular weight is 533 g/mol. The summed E-state index contributed by atoms with van der Waals surface area (Å²) in [6.45, 7) is 1.81. The molecule has 3 nitrogen and oxygen atoms in total. The van der Waals surface area contributed by atoms with Gasteiger partial charge in [-0.05, 0) is 42.9 Å². The molecule has 2 aromatic rings. The third-order valence-corrected chi connectivity index (χ3v) is 7.84. The van der Waals surface area contributed by atoms with Crippen LogP contribution in [-0.4, -0.2) is 22.7 Å². The first-order valence-electron chi connectivity index (χ1n) is 15.1. The van der Waals surface area contributed by atoms with E-state index in [1.807, 2.05) is 0 Å². The van der Waals surface area contributed by atoms with Crippen LogP contribution in [0.2, 0.25) is 0 Å². The number of ether oxygens (including phenoxy) is 1. The number of unbranched alkanes of at least 4 members (excludes halogenated alkanes) is 9. The monoisotopic (exact) mass is 532 g/mol. The Hall–Kier alpha value is -2.11. The molecule has 0 amide bonds. The molecule has 1 heterocycles. The third kappa shape index (κ3) is 10.6. The molecule has 6 heteroatoms. The van der Waals surface area contributed by atoms with Crippen LogP contribution in [0.3, 0.4) is 0 Å². The first-order chi connectivity index (χ1) is 18.6. The molecular formula is C32H47F3N2O. The van der Waals surface area contributed by atoms with Crippen LogP contribution < -0.4 is 4.74 Å². The van der Waals surface area contributed by atoms with Crippen LogP contribution in [0.4, 0.5) is 13.2 Å². The molecule has 0 aliphatic heterocycles. The van der Waals surface area contributed by atoms with Crippen molar-refractivity contribution in [2.24, 2.45) is 5.92 Å². The molecule has 212 valence electrons. The summed E-state index contributed by atoms with van der Waals surface area (Å²) in [6, 6.07) is 2.72. The van der Waals surface area contributed by atoms with Gasteiger partial charge in [0, 0.05) is 12.4 Å². The molecule has 1 fully saturated rings. The Morgan fingerprint density at radius 3 is 2.21 bits per heavy atom. The molecule has 0 saturated heterocycles. The number of aromatic nitrogens is 2. The minimum absolute atomic E-state index is 0.0225. The standard InChI is InChI=1S/C32H47F3N2O/c1-2-3-4-12-19-27(33)24-38-29-21-20-28(30(34)31(29)35)32-36-22-26(23-37-32)18-11-9-7-5-6-8-10-15-25-16-13-14-17-25/h20-23,25,27H,2-19,24H2,1H3. The van der Waals surface area contributed by atoms with Gasteiger partial charge in [-0.15, -0.1) is 0 Å². The summed E-state index contributed by atoms with van der Waals surface area (Å²) < 4.78 is 48.5. The van der Waals surface area contributed by atoms with E-state index < -0.39 is 17.8 Å². The molecule has 1 unspecified atom stereocenters. The zero-order chi connectivity index (χ0) is 27.0. The molecule has 1 saturated carbocycles. The summed E-state index contributed by atoms with van der Waals surface area (Å²) in [4.78, 5) is 8.53. The van der Waals surface area contributed by atoms with Gasteiger partial charge in [0.1, 0.15) is 12.8 Å². The molecule has 1 aromatic heterocycles. The molecule has 1 aliphatic rings. The van der Waals surface area contributed by atoms with Gasteiger partial charge < -0.3 is 4.74 Å². The van der Waals surface area contributed by atoms with Crippen molar-refractivity contribution in [3.8, 4) is 17.1 Å². The molecule has 1 atom stereocenters. The highest BCUT2D eigenvalue weighted by atomic mass is 19.2. The predicted octanol–water partition coefficient (Wildman–Crippen LogP) is 9.96. The number of halogens is 3. The lowest BCUT2D eigenvalue weighted by molar-refractivity contribution is 0.177. The average Bonchev–Trinajstić information content (AvgIpc) is 3.45. The van der Waals surface area contributed by atoms with E-state index >= 15 is 0 Å². The smallest absolute Gasteiger partial charge is 0.201 e. The van der Waals surface area contributed by atoms with Crippen molar-refractivity contribution >= 4 is 0 Å². The number of alkyl halides is 1. The Morgan fingerprint density at radius 2 is 1.50 bits per heavy atom. The maximum atomic E-state index is 14.7. The van der Waals surface area contributed by atoms with Crippen LogP contribution in [0, 0.1) is 17.6 Å². The zero-order valence-corrected chi connectivity index (χ0v) is 23.3. The van der Waals surface area contributed by atoms with Crippen molar-refractivity contribution in [2.45, 2.75) is 129 Å². The second-order valence-electron chi connectivity index (χ2n) is 11.1. The molecule has 0 N–H and O–H groups in total. The Morgan fingerprint density at radius 1 is 0.842 bits per heavy atom. The molecule has 38 heavy (non-hydrogen) atoms. The summed E-state index contributed by atoms with van der Waals surface area (Å²) >= 11 is 0. The lowest BCUT2D eigenvalue weighted by Gasteiger charge is -2.12. The highest BCUT2D eigenvalue weighted by Crippen LogP contribution is 2.30. The number of hydrogen-bond acceptors (Lipinski definition) is 3. The van der Waals surface area contributed by atoms with E-state index in [1.54, 1.807) is 12.4 Å². The van der Waals surface area contributed by atoms with Crippen LogP contribution in [0.15, 0.2) is 24.5 Å². The molecule has 1 aromatic carbocycles. The van der Waals surface area contributed by atoms with Crippen molar-refractivity contribution in [1.29, 1.82) is 0 Å². The third-order valence-electron chi connectivity index (χ3n) is 7.84. The van der Waals surface area contributed by atoms with Gasteiger partial charge in [0.15, 0.2) is 17.4 Å². The molecule has 1 aliphatic carbocycles. The second-order valence-corrected chi connectivity index (χ2v) is 11.1. The molecule has 0 spiro atoms.